The van der Waals surface area contributed by atoms with Gasteiger partial charge >= 0.3 is 5.97 Å². The van der Waals surface area contributed by atoms with Crippen LogP contribution in [0.3, 0.4) is 0 Å². The van der Waals surface area contributed by atoms with E-state index in [4.69, 9.17) is 0 Å². The molecule has 1 heterocycles. The minimum atomic E-state index is -0.962. The van der Waals surface area contributed by atoms with E-state index in [9.17, 15) is 14.7 Å². The molecule has 1 saturated heterocycles. The quantitative estimate of drug-likeness (QED) is 0.894. The number of aromatic carboxylic acids is 1. The summed E-state index contributed by atoms with van der Waals surface area (Å²) >= 11 is 0. The number of anilines is 2. The second-order valence-corrected chi connectivity index (χ2v) is 5.61. The minimum Gasteiger partial charge on any atom is -0.478 e. The summed E-state index contributed by atoms with van der Waals surface area (Å²) in [7, 11) is 0. The molecule has 1 aromatic carbocycles. The lowest BCUT2D eigenvalue weighted by Gasteiger charge is -2.33. The third kappa shape index (κ3) is 3.74. The lowest BCUT2D eigenvalue weighted by molar-refractivity contribution is -0.115. The Kier molecular flexibility index (Phi) is 4.83. The van der Waals surface area contributed by atoms with Crippen LogP contribution in [-0.4, -0.2) is 30.1 Å². The molecule has 0 spiro atoms. The van der Waals surface area contributed by atoms with Crippen LogP contribution in [0.4, 0.5) is 11.4 Å². The van der Waals surface area contributed by atoms with Crippen LogP contribution in [0.2, 0.25) is 0 Å². The second kappa shape index (κ2) is 6.61. The van der Waals surface area contributed by atoms with Crippen molar-refractivity contribution in [3.8, 4) is 0 Å². The van der Waals surface area contributed by atoms with Gasteiger partial charge in [0, 0.05) is 25.2 Å². The van der Waals surface area contributed by atoms with Crippen molar-refractivity contribution in [2.45, 2.75) is 33.1 Å². The van der Waals surface area contributed by atoms with Crippen LogP contribution < -0.4 is 10.2 Å². The fraction of sp³-hybridized carbons (Fsp3) is 0.500. The summed E-state index contributed by atoms with van der Waals surface area (Å²) in [5, 5.41) is 12.1. The molecule has 1 aromatic rings. The Hall–Kier alpha value is -2.04. The number of nitrogens with one attached hydrogen (secondary N) is 1. The highest BCUT2D eigenvalue weighted by molar-refractivity contribution is 5.98. The molecule has 2 N–H and O–H groups in total. The molecule has 1 aliphatic heterocycles. The second-order valence-electron chi connectivity index (χ2n) is 5.61. The maximum absolute atomic E-state index is 11.5. The molecule has 1 aliphatic rings. The molecular formula is C16H22N2O3. The summed E-state index contributed by atoms with van der Waals surface area (Å²) in [6.45, 7) is 5.74. The topological polar surface area (TPSA) is 69.6 Å². The molecule has 0 aromatic heterocycles. The van der Waals surface area contributed by atoms with Gasteiger partial charge in [0.25, 0.3) is 0 Å². The summed E-state index contributed by atoms with van der Waals surface area (Å²) in [5.74, 6) is -0.389. The molecular weight excluding hydrogens is 268 g/mol. The Morgan fingerprint density at radius 3 is 2.57 bits per heavy atom. The van der Waals surface area contributed by atoms with Crippen LogP contribution in [0.25, 0.3) is 0 Å². The molecule has 0 aliphatic carbocycles. The Labute approximate surface area is 125 Å². The van der Waals surface area contributed by atoms with Gasteiger partial charge in [-0.15, -0.1) is 0 Å². The zero-order valence-corrected chi connectivity index (χ0v) is 12.6. The van der Waals surface area contributed by atoms with Gasteiger partial charge in [0.1, 0.15) is 0 Å². The van der Waals surface area contributed by atoms with E-state index in [1.165, 1.54) is 0 Å². The van der Waals surface area contributed by atoms with E-state index >= 15 is 0 Å². The van der Waals surface area contributed by atoms with Crippen molar-refractivity contribution in [3.05, 3.63) is 23.8 Å². The number of piperidine rings is 1. The number of carboxylic acids is 1. The van der Waals surface area contributed by atoms with Crippen molar-refractivity contribution in [3.63, 3.8) is 0 Å². The van der Waals surface area contributed by atoms with E-state index in [0.29, 0.717) is 18.0 Å². The van der Waals surface area contributed by atoms with Gasteiger partial charge < -0.3 is 15.3 Å². The number of amides is 1. The first kappa shape index (κ1) is 15.4. The predicted octanol–water partition coefficient (Wildman–Crippen LogP) is 2.97. The molecule has 0 atom stereocenters. The van der Waals surface area contributed by atoms with Gasteiger partial charge in [-0.05, 0) is 37.0 Å². The third-order valence-corrected chi connectivity index (χ3v) is 3.96. The molecule has 0 radical (unpaired) electrons. The molecule has 1 amide bonds. The highest BCUT2D eigenvalue weighted by Crippen LogP contribution is 2.28. The molecule has 114 valence electrons. The van der Waals surface area contributed by atoms with Gasteiger partial charge in [-0.25, -0.2) is 4.79 Å². The predicted molar refractivity (Wildman–Crippen MR) is 82.9 cm³/mol. The molecule has 2 rings (SSSR count). The first-order valence-electron chi connectivity index (χ1n) is 7.43. The summed E-state index contributed by atoms with van der Waals surface area (Å²) in [6, 6.07) is 5.11. The standard InChI is InChI=1S/C16H22N2O3/c1-3-15(19)17-12-4-5-14(13(10-12)16(20)21)18-8-6-11(2)7-9-18/h4-5,10-11H,3,6-9H2,1-2H3,(H,17,19)(H,20,21). The molecule has 21 heavy (non-hydrogen) atoms. The molecule has 1 fully saturated rings. The van der Waals surface area contributed by atoms with Crippen LogP contribution in [-0.2, 0) is 4.79 Å². The summed E-state index contributed by atoms with van der Waals surface area (Å²) < 4.78 is 0. The highest BCUT2D eigenvalue weighted by Gasteiger charge is 2.21. The number of hydrogen-bond acceptors (Lipinski definition) is 3. The van der Waals surface area contributed by atoms with Gasteiger partial charge in [0.15, 0.2) is 0 Å². The number of nitrogens with zero attached hydrogens (tertiary/aromatic N) is 1. The van der Waals surface area contributed by atoms with Crippen LogP contribution in [0.5, 0.6) is 0 Å². The molecule has 0 bridgehead atoms. The van der Waals surface area contributed by atoms with Crippen molar-refractivity contribution >= 4 is 23.3 Å². The normalized spacial score (nSPS) is 15.8. The summed E-state index contributed by atoms with van der Waals surface area (Å²) in [5.41, 5.74) is 1.52. The fourth-order valence-electron chi connectivity index (χ4n) is 2.56. The van der Waals surface area contributed by atoms with Crippen molar-refractivity contribution in [2.75, 3.05) is 23.3 Å². The van der Waals surface area contributed by atoms with Crippen LogP contribution in [0.15, 0.2) is 18.2 Å². The van der Waals surface area contributed by atoms with Gasteiger partial charge in [-0.1, -0.05) is 13.8 Å². The fourth-order valence-corrected chi connectivity index (χ4v) is 2.56. The molecule has 5 heteroatoms. The third-order valence-electron chi connectivity index (χ3n) is 3.96. The van der Waals surface area contributed by atoms with Crippen LogP contribution in [0, 0.1) is 5.92 Å². The SMILES string of the molecule is CCC(=O)Nc1ccc(N2CCC(C)CC2)c(C(=O)O)c1. The Morgan fingerprint density at radius 2 is 2.00 bits per heavy atom. The summed E-state index contributed by atoms with van der Waals surface area (Å²) in [4.78, 5) is 25.0. The van der Waals surface area contributed by atoms with Gasteiger partial charge in [0.2, 0.25) is 5.91 Å². The lowest BCUT2D eigenvalue weighted by Crippen LogP contribution is -2.33. The zero-order chi connectivity index (χ0) is 15.4. The average molecular weight is 290 g/mol. The highest BCUT2D eigenvalue weighted by atomic mass is 16.4. The zero-order valence-electron chi connectivity index (χ0n) is 12.6. The Bertz CT molecular complexity index is 534. The van der Waals surface area contributed by atoms with Gasteiger partial charge in [-0.3, -0.25) is 4.79 Å². The van der Waals surface area contributed by atoms with E-state index < -0.39 is 5.97 Å². The number of hydrogen-bond donors (Lipinski definition) is 2. The first-order chi connectivity index (χ1) is 10.0. The number of benzene rings is 1. The Morgan fingerprint density at radius 1 is 1.33 bits per heavy atom. The van der Waals surface area contributed by atoms with E-state index in [-0.39, 0.29) is 11.5 Å². The van der Waals surface area contributed by atoms with Gasteiger partial charge in [-0.2, -0.15) is 0 Å². The maximum atomic E-state index is 11.5. The van der Waals surface area contributed by atoms with Crippen molar-refractivity contribution in [1.82, 2.24) is 0 Å². The van der Waals surface area contributed by atoms with Crippen LogP contribution in [0.1, 0.15) is 43.5 Å². The molecule has 5 nitrogen and oxygen atoms in total. The first-order valence-corrected chi connectivity index (χ1v) is 7.43. The monoisotopic (exact) mass is 290 g/mol. The number of carboxylic acid groups (broad SMARTS) is 1. The summed E-state index contributed by atoms with van der Waals surface area (Å²) in [6.07, 6.45) is 2.52. The van der Waals surface area contributed by atoms with E-state index in [1.54, 1.807) is 25.1 Å². The minimum absolute atomic E-state index is 0.120. The number of carbonyl (C=O) groups excluding carboxylic acids is 1. The van der Waals surface area contributed by atoms with E-state index in [0.717, 1.165) is 31.6 Å². The van der Waals surface area contributed by atoms with E-state index in [2.05, 4.69) is 17.1 Å². The van der Waals surface area contributed by atoms with Crippen molar-refractivity contribution in [1.29, 1.82) is 0 Å². The molecule has 0 saturated carbocycles. The molecule has 0 unspecified atom stereocenters. The van der Waals surface area contributed by atoms with Crippen LogP contribution >= 0.6 is 0 Å². The largest absolute Gasteiger partial charge is 0.478 e. The lowest BCUT2D eigenvalue weighted by atomic mass is 9.98. The number of rotatable bonds is 4. The average Bonchev–Trinajstić information content (AvgIpc) is 2.48. The van der Waals surface area contributed by atoms with Crippen molar-refractivity contribution < 1.29 is 14.7 Å². The van der Waals surface area contributed by atoms with Gasteiger partial charge in [0.05, 0.1) is 11.3 Å². The Balaban J connectivity index is 2.25. The van der Waals surface area contributed by atoms with Crippen molar-refractivity contribution in [2.24, 2.45) is 5.92 Å². The maximum Gasteiger partial charge on any atom is 0.337 e. The smallest absolute Gasteiger partial charge is 0.337 e. The van der Waals surface area contributed by atoms with E-state index in [1.807, 2.05) is 0 Å². The number of carbonyl (C=O) groups is 2.